The standard InChI is InChI=1S/C9H14N2O.CH2O2/c1-11(2)7-5-8-4-3-6-10-9(8)12;2-1-3/h3-4,6H,5,7H2,1-2H3,(H,10,12);1H,(H,2,3). The topological polar surface area (TPSA) is 73.7 Å². The number of carbonyl (C=O) groups is 1. The van der Waals surface area contributed by atoms with E-state index in [0.29, 0.717) is 0 Å². The third kappa shape index (κ3) is 6.45. The van der Waals surface area contributed by atoms with Crippen LogP contribution in [-0.2, 0) is 11.2 Å². The molecular formula is C10H16N2O3. The molecule has 0 aliphatic rings. The van der Waals surface area contributed by atoms with Crippen LogP contribution in [0.25, 0.3) is 0 Å². The Bertz CT molecular complexity index is 290. The molecule has 5 nitrogen and oxygen atoms in total. The molecule has 0 bridgehead atoms. The highest BCUT2D eigenvalue weighted by atomic mass is 16.3. The van der Waals surface area contributed by atoms with Gasteiger partial charge in [0.1, 0.15) is 0 Å². The lowest BCUT2D eigenvalue weighted by atomic mass is 10.2. The molecule has 0 amide bonds. The van der Waals surface area contributed by atoms with Crippen LogP contribution < -0.4 is 0 Å². The van der Waals surface area contributed by atoms with Gasteiger partial charge in [0, 0.05) is 18.3 Å². The molecule has 0 saturated carbocycles. The lowest BCUT2D eigenvalue weighted by molar-refractivity contribution is -0.122. The van der Waals surface area contributed by atoms with Crippen LogP contribution in [0.1, 0.15) is 5.56 Å². The number of likely N-dealkylation sites (N-methyl/N-ethyl adjacent to an activating group) is 1. The molecule has 1 rings (SSSR count). The summed E-state index contributed by atoms with van der Waals surface area (Å²) in [6.07, 6.45) is 2.43. The number of aromatic hydroxyl groups is 1. The first-order valence-electron chi connectivity index (χ1n) is 4.47. The molecule has 0 aliphatic heterocycles. The van der Waals surface area contributed by atoms with E-state index in [4.69, 9.17) is 9.90 Å². The van der Waals surface area contributed by atoms with Crippen LogP contribution in [0.4, 0.5) is 0 Å². The molecule has 0 unspecified atom stereocenters. The van der Waals surface area contributed by atoms with Gasteiger partial charge < -0.3 is 15.1 Å². The summed E-state index contributed by atoms with van der Waals surface area (Å²) in [5.41, 5.74) is 0.909. The fraction of sp³-hybridized carbons (Fsp3) is 0.400. The van der Waals surface area contributed by atoms with Crippen molar-refractivity contribution in [3.63, 3.8) is 0 Å². The number of pyridine rings is 1. The minimum Gasteiger partial charge on any atom is -0.493 e. The predicted octanol–water partition coefficient (Wildman–Crippen LogP) is 0.592. The third-order valence-electron chi connectivity index (χ3n) is 1.70. The molecule has 5 heteroatoms. The first-order valence-corrected chi connectivity index (χ1v) is 4.47. The zero-order valence-corrected chi connectivity index (χ0v) is 8.92. The second-order valence-corrected chi connectivity index (χ2v) is 3.14. The minimum absolute atomic E-state index is 0.152. The molecule has 0 atom stereocenters. The van der Waals surface area contributed by atoms with Gasteiger partial charge in [-0.3, -0.25) is 4.79 Å². The minimum atomic E-state index is -0.250. The van der Waals surface area contributed by atoms with Gasteiger partial charge >= 0.3 is 0 Å². The van der Waals surface area contributed by atoms with E-state index in [2.05, 4.69) is 9.88 Å². The Labute approximate surface area is 89.0 Å². The van der Waals surface area contributed by atoms with Crippen LogP contribution in [0.3, 0.4) is 0 Å². The fourth-order valence-electron chi connectivity index (χ4n) is 0.969. The summed E-state index contributed by atoms with van der Waals surface area (Å²) in [7, 11) is 4.01. The average molecular weight is 212 g/mol. The Kier molecular flexibility index (Phi) is 6.92. The van der Waals surface area contributed by atoms with Gasteiger partial charge in [-0.1, -0.05) is 6.07 Å². The number of carboxylic acid groups (broad SMARTS) is 1. The summed E-state index contributed by atoms with van der Waals surface area (Å²) in [5.74, 6) is 0.152. The third-order valence-corrected chi connectivity index (χ3v) is 1.70. The Morgan fingerprint density at radius 3 is 2.60 bits per heavy atom. The van der Waals surface area contributed by atoms with E-state index < -0.39 is 0 Å². The first-order chi connectivity index (χ1) is 7.11. The van der Waals surface area contributed by atoms with Crippen molar-refractivity contribution in [2.24, 2.45) is 0 Å². The van der Waals surface area contributed by atoms with Gasteiger partial charge in [-0.2, -0.15) is 0 Å². The molecular weight excluding hydrogens is 196 g/mol. The van der Waals surface area contributed by atoms with Gasteiger partial charge in [0.2, 0.25) is 5.88 Å². The molecule has 0 fully saturated rings. The summed E-state index contributed by atoms with van der Waals surface area (Å²) < 4.78 is 0. The molecule has 0 aliphatic carbocycles. The average Bonchev–Trinajstić information content (AvgIpc) is 2.17. The van der Waals surface area contributed by atoms with Crippen LogP contribution in [0.15, 0.2) is 18.3 Å². The number of rotatable bonds is 3. The lowest BCUT2D eigenvalue weighted by Crippen LogP contribution is -2.15. The largest absolute Gasteiger partial charge is 0.493 e. The van der Waals surface area contributed by atoms with Crippen molar-refractivity contribution in [3.8, 4) is 5.88 Å². The quantitative estimate of drug-likeness (QED) is 0.717. The summed E-state index contributed by atoms with van der Waals surface area (Å²) in [4.78, 5) is 14.2. The monoisotopic (exact) mass is 212 g/mol. The molecule has 1 aromatic heterocycles. The normalized spacial score (nSPS) is 9.27. The second kappa shape index (κ2) is 7.75. The maximum Gasteiger partial charge on any atom is 0.290 e. The summed E-state index contributed by atoms with van der Waals surface area (Å²) in [6.45, 7) is 0.680. The zero-order valence-electron chi connectivity index (χ0n) is 8.92. The first kappa shape index (κ1) is 13.4. The van der Waals surface area contributed by atoms with E-state index in [9.17, 15) is 5.11 Å². The van der Waals surface area contributed by atoms with Crippen LogP contribution in [0.5, 0.6) is 5.88 Å². The summed E-state index contributed by atoms with van der Waals surface area (Å²) in [5, 5.41) is 16.2. The van der Waals surface area contributed by atoms with E-state index in [1.54, 1.807) is 6.20 Å². The van der Waals surface area contributed by atoms with Crippen molar-refractivity contribution in [2.75, 3.05) is 20.6 Å². The highest BCUT2D eigenvalue weighted by Crippen LogP contribution is 2.11. The fourth-order valence-corrected chi connectivity index (χ4v) is 0.969. The van der Waals surface area contributed by atoms with Gasteiger partial charge in [0.05, 0.1) is 0 Å². The van der Waals surface area contributed by atoms with Gasteiger partial charge in [-0.25, -0.2) is 4.98 Å². The smallest absolute Gasteiger partial charge is 0.290 e. The number of aromatic nitrogens is 1. The van der Waals surface area contributed by atoms with Crippen molar-refractivity contribution in [1.29, 1.82) is 0 Å². The van der Waals surface area contributed by atoms with Crippen LogP contribution in [0.2, 0.25) is 0 Å². The molecule has 0 saturated heterocycles. The summed E-state index contributed by atoms with van der Waals surface area (Å²) >= 11 is 0. The maximum absolute atomic E-state index is 9.29. The maximum atomic E-state index is 9.29. The molecule has 15 heavy (non-hydrogen) atoms. The van der Waals surface area contributed by atoms with Crippen molar-refractivity contribution in [1.82, 2.24) is 9.88 Å². The SMILES string of the molecule is CN(C)CCc1cccnc1O.O=CO. The molecule has 1 heterocycles. The Hall–Kier alpha value is -1.62. The predicted molar refractivity (Wildman–Crippen MR) is 56.9 cm³/mol. The Morgan fingerprint density at radius 1 is 1.53 bits per heavy atom. The van der Waals surface area contributed by atoms with Crippen molar-refractivity contribution in [2.45, 2.75) is 6.42 Å². The van der Waals surface area contributed by atoms with Gasteiger partial charge in [-0.15, -0.1) is 0 Å². The summed E-state index contributed by atoms with van der Waals surface area (Å²) in [6, 6.07) is 3.73. The second-order valence-electron chi connectivity index (χ2n) is 3.14. The van der Waals surface area contributed by atoms with Crippen LogP contribution in [-0.4, -0.2) is 47.2 Å². The van der Waals surface area contributed by atoms with Crippen molar-refractivity contribution < 1.29 is 15.0 Å². The van der Waals surface area contributed by atoms with Crippen LogP contribution >= 0.6 is 0 Å². The van der Waals surface area contributed by atoms with Gasteiger partial charge in [-0.05, 0) is 26.6 Å². The van der Waals surface area contributed by atoms with E-state index in [0.717, 1.165) is 18.5 Å². The molecule has 1 aromatic rings. The number of nitrogens with zero attached hydrogens (tertiary/aromatic N) is 2. The Morgan fingerprint density at radius 2 is 2.13 bits per heavy atom. The highest BCUT2D eigenvalue weighted by Gasteiger charge is 2.00. The van der Waals surface area contributed by atoms with Crippen LogP contribution in [0, 0.1) is 0 Å². The highest BCUT2D eigenvalue weighted by molar-refractivity contribution is 5.32. The molecule has 0 radical (unpaired) electrons. The molecule has 2 N–H and O–H groups in total. The number of hydrogen-bond donors (Lipinski definition) is 2. The molecule has 0 aromatic carbocycles. The number of hydrogen-bond acceptors (Lipinski definition) is 4. The van der Waals surface area contributed by atoms with E-state index in [1.165, 1.54) is 0 Å². The van der Waals surface area contributed by atoms with E-state index in [1.807, 2.05) is 26.2 Å². The van der Waals surface area contributed by atoms with E-state index >= 15 is 0 Å². The Balaban J connectivity index is 0.000000583. The zero-order chi connectivity index (χ0) is 11.7. The van der Waals surface area contributed by atoms with E-state index in [-0.39, 0.29) is 12.4 Å². The van der Waals surface area contributed by atoms with Crippen molar-refractivity contribution >= 4 is 6.47 Å². The van der Waals surface area contributed by atoms with Crippen molar-refractivity contribution in [3.05, 3.63) is 23.9 Å². The van der Waals surface area contributed by atoms with Gasteiger partial charge in [0.15, 0.2) is 0 Å². The molecule has 84 valence electrons. The lowest BCUT2D eigenvalue weighted by Gasteiger charge is -2.09. The molecule has 0 spiro atoms. The van der Waals surface area contributed by atoms with Gasteiger partial charge in [0.25, 0.3) is 6.47 Å².